The highest BCUT2D eigenvalue weighted by molar-refractivity contribution is 7.18. The van der Waals surface area contributed by atoms with Gasteiger partial charge in [-0.05, 0) is 38.7 Å². The van der Waals surface area contributed by atoms with Crippen molar-refractivity contribution < 1.29 is 19.1 Å². The molecule has 1 heterocycles. The fourth-order valence-electron chi connectivity index (χ4n) is 2.63. The predicted octanol–water partition coefficient (Wildman–Crippen LogP) is 2.89. The summed E-state index contributed by atoms with van der Waals surface area (Å²) < 4.78 is 5.08. The topological polar surface area (TPSA) is 84.5 Å². The Morgan fingerprint density at radius 3 is 2.67 bits per heavy atom. The molecule has 7 heteroatoms. The molecule has 0 saturated heterocycles. The number of anilines is 1. The van der Waals surface area contributed by atoms with Gasteiger partial charge in [-0.2, -0.15) is 0 Å². The first-order valence-electron chi connectivity index (χ1n) is 7.98. The Morgan fingerprint density at radius 1 is 1.33 bits per heavy atom. The van der Waals surface area contributed by atoms with Crippen LogP contribution in [0.1, 0.15) is 51.8 Å². The van der Waals surface area contributed by atoms with Crippen molar-refractivity contribution >= 4 is 34.1 Å². The molecule has 1 aromatic heterocycles. The number of nitrogens with one attached hydrogen (secondary N) is 2. The van der Waals surface area contributed by atoms with Crippen LogP contribution in [0.15, 0.2) is 12.2 Å². The van der Waals surface area contributed by atoms with Crippen LogP contribution in [0.2, 0.25) is 0 Å². The van der Waals surface area contributed by atoms with Gasteiger partial charge in [-0.15, -0.1) is 11.3 Å². The van der Waals surface area contributed by atoms with E-state index in [0.29, 0.717) is 21.9 Å². The highest BCUT2D eigenvalue weighted by Gasteiger charge is 2.28. The number of allylic oxidation sites excluding steroid dienone is 2. The van der Waals surface area contributed by atoms with Gasteiger partial charge in [0.15, 0.2) is 0 Å². The van der Waals surface area contributed by atoms with Crippen molar-refractivity contribution in [3.05, 3.63) is 28.2 Å². The fourth-order valence-corrected chi connectivity index (χ4v) is 3.77. The summed E-state index contributed by atoms with van der Waals surface area (Å²) in [6.07, 6.45) is 6.40. The molecule has 2 amide bonds. The summed E-state index contributed by atoms with van der Waals surface area (Å²) in [5, 5.41) is 5.75. The SMILES string of the molecule is CCOC(=O)c1c(NC(=O)C2CC=CCC2)sc(C(=O)NC)c1C. The van der Waals surface area contributed by atoms with Crippen LogP contribution in [-0.4, -0.2) is 31.4 Å². The quantitative estimate of drug-likeness (QED) is 0.632. The molecule has 0 aliphatic heterocycles. The number of amides is 2. The lowest BCUT2D eigenvalue weighted by molar-refractivity contribution is -0.120. The summed E-state index contributed by atoms with van der Waals surface area (Å²) in [5.41, 5.74) is 0.789. The molecule has 1 unspecified atom stereocenters. The Hall–Kier alpha value is -2.15. The number of hydrogen-bond donors (Lipinski definition) is 2. The number of carbonyl (C=O) groups excluding carboxylic acids is 3. The lowest BCUT2D eigenvalue weighted by Gasteiger charge is -2.17. The molecule has 0 saturated carbocycles. The van der Waals surface area contributed by atoms with E-state index in [-0.39, 0.29) is 29.9 Å². The van der Waals surface area contributed by atoms with Crippen molar-refractivity contribution in [2.45, 2.75) is 33.1 Å². The molecule has 130 valence electrons. The summed E-state index contributed by atoms with van der Waals surface area (Å²) in [4.78, 5) is 37.1. The summed E-state index contributed by atoms with van der Waals surface area (Å²) in [6.45, 7) is 3.63. The minimum absolute atomic E-state index is 0.115. The number of rotatable bonds is 5. The highest BCUT2D eigenvalue weighted by Crippen LogP contribution is 2.34. The van der Waals surface area contributed by atoms with Crippen LogP contribution >= 0.6 is 11.3 Å². The highest BCUT2D eigenvalue weighted by atomic mass is 32.1. The summed E-state index contributed by atoms with van der Waals surface area (Å²) in [6, 6.07) is 0. The van der Waals surface area contributed by atoms with E-state index in [1.54, 1.807) is 13.8 Å². The number of hydrogen-bond acceptors (Lipinski definition) is 5. The molecule has 1 aromatic rings. The number of carbonyl (C=O) groups is 3. The number of esters is 1. The van der Waals surface area contributed by atoms with Crippen LogP contribution in [0.5, 0.6) is 0 Å². The smallest absolute Gasteiger partial charge is 0.341 e. The van der Waals surface area contributed by atoms with Crippen LogP contribution < -0.4 is 10.6 Å². The van der Waals surface area contributed by atoms with Crippen LogP contribution in [0.4, 0.5) is 5.00 Å². The summed E-state index contributed by atoms with van der Waals surface area (Å²) in [5.74, 6) is -1.06. The van der Waals surface area contributed by atoms with E-state index < -0.39 is 5.97 Å². The van der Waals surface area contributed by atoms with E-state index in [1.165, 1.54) is 7.05 Å². The van der Waals surface area contributed by atoms with Gasteiger partial charge in [-0.1, -0.05) is 12.2 Å². The number of ether oxygens (including phenoxy) is 1. The minimum Gasteiger partial charge on any atom is -0.462 e. The molecule has 0 aromatic carbocycles. The van der Waals surface area contributed by atoms with Crippen molar-refractivity contribution in [3.8, 4) is 0 Å². The van der Waals surface area contributed by atoms with Crippen molar-refractivity contribution in [2.24, 2.45) is 5.92 Å². The van der Waals surface area contributed by atoms with Crippen molar-refractivity contribution in [2.75, 3.05) is 19.0 Å². The first kappa shape index (κ1) is 18.2. The maximum atomic E-state index is 12.5. The Bertz CT molecular complexity index is 678. The Morgan fingerprint density at radius 2 is 2.08 bits per heavy atom. The van der Waals surface area contributed by atoms with Gasteiger partial charge in [0, 0.05) is 13.0 Å². The molecule has 2 rings (SSSR count). The summed E-state index contributed by atoms with van der Waals surface area (Å²) in [7, 11) is 1.53. The molecule has 1 atom stereocenters. The monoisotopic (exact) mass is 350 g/mol. The van der Waals surface area contributed by atoms with Crippen molar-refractivity contribution in [1.29, 1.82) is 0 Å². The maximum absolute atomic E-state index is 12.5. The zero-order valence-corrected chi connectivity index (χ0v) is 14.9. The van der Waals surface area contributed by atoms with Crippen LogP contribution in [-0.2, 0) is 9.53 Å². The van der Waals surface area contributed by atoms with E-state index >= 15 is 0 Å². The lowest BCUT2D eigenvalue weighted by atomic mass is 9.94. The van der Waals surface area contributed by atoms with E-state index in [2.05, 4.69) is 16.7 Å². The first-order chi connectivity index (χ1) is 11.5. The average Bonchev–Trinajstić information content (AvgIpc) is 2.91. The second kappa shape index (κ2) is 8.10. The normalized spacial score (nSPS) is 16.5. The van der Waals surface area contributed by atoms with Gasteiger partial charge in [0.05, 0.1) is 17.0 Å². The second-order valence-corrected chi connectivity index (χ2v) is 6.55. The zero-order chi connectivity index (χ0) is 17.7. The van der Waals surface area contributed by atoms with Gasteiger partial charge in [0.2, 0.25) is 5.91 Å². The molecular weight excluding hydrogens is 328 g/mol. The Balaban J connectivity index is 2.32. The zero-order valence-electron chi connectivity index (χ0n) is 14.1. The van der Waals surface area contributed by atoms with Crippen molar-refractivity contribution in [3.63, 3.8) is 0 Å². The van der Waals surface area contributed by atoms with Gasteiger partial charge in [0.1, 0.15) is 5.00 Å². The van der Waals surface area contributed by atoms with Crippen molar-refractivity contribution in [1.82, 2.24) is 5.32 Å². The van der Waals surface area contributed by atoms with Gasteiger partial charge in [0.25, 0.3) is 5.91 Å². The Kier molecular flexibility index (Phi) is 6.14. The second-order valence-electron chi connectivity index (χ2n) is 5.53. The molecule has 1 aliphatic rings. The third kappa shape index (κ3) is 3.84. The van der Waals surface area contributed by atoms with Crippen LogP contribution in [0, 0.1) is 12.8 Å². The van der Waals surface area contributed by atoms with Crippen LogP contribution in [0.25, 0.3) is 0 Å². The Labute approximate surface area is 145 Å². The average molecular weight is 350 g/mol. The molecule has 0 fully saturated rings. The van der Waals surface area contributed by atoms with Crippen LogP contribution in [0.3, 0.4) is 0 Å². The molecular formula is C17H22N2O4S. The van der Waals surface area contributed by atoms with E-state index in [0.717, 1.165) is 24.2 Å². The van der Waals surface area contributed by atoms with Gasteiger partial charge < -0.3 is 15.4 Å². The van der Waals surface area contributed by atoms with E-state index in [9.17, 15) is 14.4 Å². The largest absolute Gasteiger partial charge is 0.462 e. The third-order valence-corrected chi connectivity index (χ3v) is 5.14. The summed E-state index contributed by atoms with van der Waals surface area (Å²) >= 11 is 1.10. The maximum Gasteiger partial charge on any atom is 0.341 e. The standard InChI is InChI=1S/C17H22N2O4S/c1-4-23-17(22)12-10(2)13(15(21)18-3)24-16(12)19-14(20)11-8-6-5-7-9-11/h5-6,11H,4,7-9H2,1-3H3,(H,18,21)(H,19,20). The first-order valence-corrected chi connectivity index (χ1v) is 8.79. The van der Waals surface area contributed by atoms with Gasteiger partial charge >= 0.3 is 5.97 Å². The van der Waals surface area contributed by atoms with Gasteiger partial charge in [-0.3, -0.25) is 9.59 Å². The van der Waals surface area contributed by atoms with E-state index in [4.69, 9.17) is 4.74 Å². The van der Waals surface area contributed by atoms with Gasteiger partial charge in [-0.25, -0.2) is 4.79 Å². The molecule has 6 nitrogen and oxygen atoms in total. The molecule has 0 bridgehead atoms. The molecule has 0 radical (unpaired) electrons. The minimum atomic E-state index is -0.528. The fraction of sp³-hybridized carbons (Fsp3) is 0.471. The number of thiophene rings is 1. The van der Waals surface area contributed by atoms with E-state index in [1.807, 2.05) is 6.08 Å². The molecule has 0 spiro atoms. The lowest BCUT2D eigenvalue weighted by Crippen LogP contribution is -2.24. The molecule has 2 N–H and O–H groups in total. The molecule has 24 heavy (non-hydrogen) atoms. The predicted molar refractivity (Wildman–Crippen MR) is 93.5 cm³/mol. The molecule has 1 aliphatic carbocycles. The third-order valence-electron chi connectivity index (χ3n) is 3.94.